The van der Waals surface area contributed by atoms with Gasteiger partial charge in [-0.05, 0) is 297 Å². The average Bonchev–Trinajstić information content (AvgIpc) is 0.796. The molecule has 0 fully saturated rings. The van der Waals surface area contributed by atoms with Crippen molar-refractivity contribution in [3.05, 3.63) is 352 Å². The molecule has 11 aromatic carbocycles. The lowest BCUT2D eigenvalue weighted by Crippen LogP contribution is -2.27. The van der Waals surface area contributed by atoms with Crippen LogP contribution in [0.1, 0.15) is 421 Å². The van der Waals surface area contributed by atoms with Crippen LogP contribution in [0.15, 0.2) is 237 Å². The minimum absolute atomic E-state index is 0.239. The van der Waals surface area contributed by atoms with Gasteiger partial charge in [-0.2, -0.15) is 0 Å². The van der Waals surface area contributed by atoms with E-state index < -0.39 is 0 Å². The summed E-state index contributed by atoms with van der Waals surface area (Å²) in [6.45, 7) is 90.0. The van der Waals surface area contributed by atoms with E-state index in [0.717, 1.165) is 44.8 Å². The quantitative estimate of drug-likeness (QED) is 0.0529. The van der Waals surface area contributed by atoms with E-state index in [1.807, 2.05) is 24.3 Å². The Labute approximate surface area is 822 Å². The molecule has 11 aromatic rings. The van der Waals surface area contributed by atoms with Gasteiger partial charge in [-0.15, -0.1) is 11.6 Å². The molecule has 0 aliphatic heterocycles. The first-order valence-electron chi connectivity index (χ1n) is 50.2. The van der Waals surface area contributed by atoms with Crippen LogP contribution in [0.3, 0.4) is 0 Å². The molecule has 3 heteroatoms. The molecule has 0 saturated carbocycles. The molecule has 0 heterocycles. The van der Waals surface area contributed by atoms with Gasteiger partial charge in [-0.1, -0.05) is 504 Å². The number of rotatable bonds is 24. The van der Waals surface area contributed by atoms with Crippen molar-refractivity contribution in [2.24, 2.45) is 35.5 Å². The predicted octanol–water partition coefficient (Wildman–Crippen LogP) is 41.8. The van der Waals surface area contributed by atoms with E-state index in [9.17, 15) is 0 Å². The lowest BCUT2D eigenvalue weighted by atomic mass is 9.71. The van der Waals surface area contributed by atoms with Crippen LogP contribution in [0.4, 0.5) is 0 Å². The molecule has 0 bridgehead atoms. The van der Waals surface area contributed by atoms with Crippen LogP contribution in [0.2, 0.25) is 10.0 Å². The molecule has 0 aromatic heterocycles. The van der Waals surface area contributed by atoms with Gasteiger partial charge in [0.25, 0.3) is 0 Å². The van der Waals surface area contributed by atoms with Crippen molar-refractivity contribution >= 4 is 34.8 Å². The molecule has 0 spiro atoms. The average molecular weight is 1830 g/mol. The Morgan fingerprint density at radius 2 is 0.519 bits per heavy atom. The van der Waals surface area contributed by atoms with Crippen molar-refractivity contribution < 1.29 is 0 Å². The second-order valence-electron chi connectivity index (χ2n) is 43.7. The van der Waals surface area contributed by atoms with Gasteiger partial charge in [0.1, 0.15) is 0 Å². The zero-order valence-corrected chi connectivity index (χ0v) is 92.5. The maximum absolute atomic E-state index is 6.36. The molecule has 11 rings (SSSR count). The van der Waals surface area contributed by atoms with Crippen LogP contribution in [0, 0.1) is 56.3 Å². The van der Waals surface area contributed by atoms with Gasteiger partial charge < -0.3 is 0 Å². The summed E-state index contributed by atoms with van der Waals surface area (Å²) in [5.74, 6) is 10.7. The molecular weight excluding hydrogens is 1640 g/mol. The molecule has 0 atom stereocenters. The van der Waals surface area contributed by atoms with E-state index in [4.69, 9.17) is 34.8 Å². The predicted molar refractivity (Wildman–Crippen MR) is 594 cm³/mol. The highest BCUT2D eigenvalue weighted by Crippen LogP contribution is 2.39. The fraction of sp³-hybridized carbons (Fsp3) is 0.484. The lowest BCUT2D eigenvalue weighted by Gasteiger charge is -2.34. The Hall–Kier alpha value is -7.71. The van der Waals surface area contributed by atoms with Gasteiger partial charge in [0.15, 0.2) is 0 Å². The molecule has 131 heavy (non-hydrogen) atoms. The van der Waals surface area contributed by atoms with Gasteiger partial charge in [0.2, 0.25) is 0 Å². The molecular formula is C128H183Cl3. The molecule has 0 unspecified atom stereocenters. The van der Waals surface area contributed by atoms with Crippen LogP contribution in [-0.2, 0) is 36.0 Å². The van der Waals surface area contributed by atoms with Crippen LogP contribution in [0.5, 0.6) is 0 Å². The van der Waals surface area contributed by atoms with Gasteiger partial charge in [-0.3, -0.25) is 0 Å². The largest absolute Gasteiger partial charge is 0.122 e. The highest BCUT2D eigenvalue weighted by atomic mass is 35.5. The topological polar surface area (TPSA) is 0 Å². The normalized spacial score (nSPS) is 11.5. The van der Waals surface area contributed by atoms with E-state index in [1.165, 1.54) is 142 Å². The zero-order valence-electron chi connectivity index (χ0n) is 90.2. The summed E-state index contributed by atoms with van der Waals surface area (Å²) in [5.41, 5.74) is 34.8. The van der Waals surface area contributed by atoms with Crippen molar-refractivity contribution in [1.82, 2.24) is 0 Å². The van der Waals surface area contributed by atoms with Crippen molar-refractivity contribution in [3.8, 4) is 33.4 Å². The Bertz CT molecular complexity index is 4740. The van der Waals surface area contributed by atoms with E-state index in [2.05, 4.69) is 489 Å². The molecule has 0 nitrogen and oxygen atoms in total. The summed E-state index contributed by atoms with van der Waals surface area (Å²) in [5, 5.41) is 1.64. The minimum Gasteiger partial charge on any atom is -0.122 e. The van der Waals surface area contributed by atoms with Crippen LogP contribution in [-0.4, -0.2) is 0 Å². The highest BCUT2D eigenvalue weighted by Gasteiger charge is 2.29. The minimum atomic E-state index is 0.239. The summed E-state index contributed by atoms with van der Waals surface area (Å²) in [6.07, 6.45) is 3.60. The van der Waals surface area contributed by atoms with E-state index in [1.54, 1.807) is 5.56 Å². The third kappa shape index (κ3) is 40.4. The molecule has 0 amide bonds. The summed E-state index contributed by atoms with van der Waals surface area (Å²) >= 11 is 18.6. The van der Waals surface area contributed by atoms with Crippen LogP contribution >= 0.6 is 34.8 Å². The summed E-state index contributed by atoms with van der Waals surface area (Å²) < 4.78 is 0. The van der Waals surface area contributed by atoms with Crippen LogP contribution in [0.25, 0.3) is 33.4 Å². The Morgan fingerprint density at radius 3 is 0.809 bits per heavy atom. The number of aryl methyl sites for hydroxylation is 3. The van der Waals surface area contributed by atoms with Gasteiger partial charge >= 0.3 is 0 Å². The van der Waals surface area contributed by atoms with Crippen molar-refractivity contribution in [2.75, 3.05) is 0 Å². The third-order valence-electron chi connectivity index (χ3n) is 25.4. The summed E-state index contributed by atoms with van der Waals surface area (Å²) in [4.78, 5) is 0. The van der Waals surface area contributed by atoms with Crippen molar-refractivity contribution in [1.29, 1.82) is 0 Å². The number of alkyl halides is 1. The molecule has 0 saturated heterocycles. The maximum Gasteiger partial charge on any atom is 0.0476 e. The fourth-order valence-electron chi connectivity index (χ4n) is 15.8. The Kier molecular flexibility index (Phi) is 51.9. The smallest absolute Gasteiger partial charge is 0.0476 e. The first-order valence-corrected chi connectivity index (χ1v) is 51.5. The van der Waals surface area contributed by atoms with Gasteiger partial charge in [-0.25, -0.2) is 0 Å². The highest BCUT2D eigenvalue weighted by molar-refractivity contribution is 6.32. The zero-order chi connectivity index (χ0) is 99.2. The fourth-order valence-corrected chi connectivity index (χ4v) is 16.9. The second-order valence-corrected chi connectivity index (χ2v) is 44.8. The van der Waals surface area contributed by atoms with Crippen molar-refractivity contribution in [2.45, 2.75) is 372 Å². The van der Waals surface area contributed by atoms with Crippen molar-refractivity contribution in [3.63, 3.8) is 0 Å². The lowest BCUT2D eigenvalue weighted by molar-refractivity contribution is 0.360. The van der Waals surface area contributed by atoms with Gasteiger partial charge in [0, 0.05) is 15.9 Å². The summed E-state index contributed by atoms with van der Waals surface area (Å²) in [6, 6.07) is 85.7. The number of hydrogen-bond donors (Lipinski definition) is 0. The van der Waals surface area contributed by atoms with Crippen LogP contribution < -0.4 is 0 Å². The molecule has 0 radical (unpaired) electrons. The standard InChI is InChI=1S/C20H26.C18H20Cl2.C18H30.C16H26.C14H22.C13H19Cl.C13H20.C12H10.C4H10/c1-13(2)19-9-7-17(11-15(19)5)18-8-10-20(14(3)4)16(6)12-18;1-11(2)15-7-5-13(9-17(15)19)14-6-8-16(12(3)4)18(20)10-14;1-13(2)17(5,6)15-10-9-11-16(12-15)18(7,8)14(3)4;1-11(2)9-15-8-7-14(12(3)4)10-16(15)13(5)6;1-11(2)8-13-6-5-7-14(10-13)9-12(3)4;1-9(2)11-5-6-12(8-14)13(7-11)10(3)4;1-9(2)12-7-6-11(5)13(8-12)10(3)4;1-3-7-11(8-4-1)12-9-5-2-6-10-12;1-4(2)3/h7-14H,1-6H3;5-12H,1-4H3;9-14H,1-8H3;7-8,10-13H,9H2,1-6H3;5-7,10-12H,8-9H2,1-4H3;5-7,9-10H,8H2,1-4H3;6-10H,1-5H3;1-10H;4H,1-3H3. The SMILES string of the molecule is CC(C)C.CC(C)C(C)(C)c1cccc(C(C)(C)C(C)C)c1.CC(C)Cc1ccc(C(C)C)cc1C(C)C.CC(C)Cc1cccc(CC(C)C)c1.CC(C)c1ccc(-c2ccc(C(C)C)c(Cl)c2)cc1Cl.CC(C)c1ccc(CCl)c(C(C)C)c1.Cc1cc(-c2ccc(C(C)C)c(C)c2)ccc1C(C)C.Cc1ccc(C(C)C)cc1C(C)C.c1ccc(-c2ccccc2)cc1. The number of hydrogen-bond acceptors (Lipinski definition) is 0. The molecule has 716 valence electrons. The number of halogens is 3. The van der Waals surface area contributed by atoms with E-state index >= 15 is 0 Å². The maximum atomic E-state index is 6.36. The third-order valence-corrected chi connectivity index (χ3v) is 26.3. The Balaban J connectivity index is 0.000000385. The van der Waals surface area contributed by atoms with E-state index in [0.29, 0.717) is 76.9 Å². The molecule has 0 N–H and O–H groups in total. The monoisotopic (exact) mass is 1830 g/mol. The summed E-state index contributed by atoms with van der Waals surface area (Å²) in [7, 11) is 0. The number of benzene rings is 11. The Morgan fingerprint density at radius 1 is 0.229 bits per heavy atom. The van der Waals surface area contributed by atoms with E-state index in [-0.39, 0.29) is 10.8 Å². The first-order chi connectivity index (χ1) is 61.2. The first kappa shape index (κ1) is 117. The molecule has 0 aliphatic carbocycles. The van der Waals surface area contributed by atoms with Gasteiger partial charge in [0.05, 0.1) is 0 Å². The molecule has 0 aliphatic rings. The second kappa shape index (κ2) is 57.9.